The lowest BCUT2D eigenvalue weighted by molar-refractivity contribution is 0.372. The molecule has 4 rings (SSSR count). The molecule has 0 aliphatic heterocycles. The average Bonchev–Trinajstić information content (AvgIpc) is 2.97. The van der Waals surface area contributed by atoms with Crippen molar-refractivity contribution < 1.29 is 4.74 Å². The maximum Gasteiger partial charge on any atom is 0.131 e. The Kier molecular flexibility index (Phi) is 3.47. The van der Waals surface area contributed by atoms with E-state index in [-0.39, 0.29) is 5.92 Å². The van der Waals surface area contributed by atoms with Crippen molar-refractivity contribution in [3.8, 4) is 0 Å². The molecule has 0 amide bonds. The van der Waals surface area contributed by atoms with Crippen LogP contribution in [0, 0.1) is 0 Å². The molecular formula is C22H18O. The average molecular weight is 298 g/mol. The van der Waals surface area contributed by atoms with Gasteiger partial charge in [-0.25, -0.2) is 0 Å². The predicted molar refractivity (Wildman–Crippen MR) is 95.0 cm³/mol. The van der Waals surface area contributed by atoms with Crippen molar-refractivity contribution in [3.05, 3.63) is 107 Å². The zero-order valence-corrected chi connectivity index (χ0v) is 13.1. The van der Waals surface area contributed by atoms with Crippen LogP contribution in [-0.4, -0.2) is 7.11 Å². The zero-order valence-electron chi connectivity index (χ0n) is 13.1. The third-order valence-electron chi connectivity index (χ3n) is 4.47. The summed E-state index contributed by atoms with van der Waals surface area (Å²) in [7, 11) is 1.77. The van der Waals surface area contributed by atoms with Gasteiger partial charge < -0.3 is 4.74 Å². The standard InChI is InChI=1S/C22H18O/c1-23-22-19-15-9-8-14-18(19)20(16-10-4-2-5-11-16)21(22)17-12-6-3-7-13-17/h2-15,20H,1H3. The van der Waals surface area contributed by atoms with E-state index in [9.17, 15) is 0 Å². The molecule has 1 nitrogen and oxygen atoms in total. The van der Waals surface area contributed by atoms with Gasteiger partial charge in [0.1, 0.15) is 5.76 Å². The highest BCUT2D eigenvalue weighted by Crippen LogP contribution is 2.50. The third-order valence-corrected chi connectivity index (χ3v) is 4.47. The molecule has 0 heterocycles. The molecule has 3 aromatic rings. The zero-order chi connectivity index (χ0) is 15.6. The van der Waals surface area contributed by atoms with E-state index in [1.54, 1.807) is 7.11 Å². The summed E-state index contributed by atoms with van der Waals surface area (Å²) in [5.74, 6) is 1.20. The summed E-state index contributed by atoms with van der Waals surface area (Å²) in [6.07, 6.45) is 0. The lowest BCUT2D eigenvalue weighted by atomic mass is 9.85. The molecule has 1 heteroatoms. The number of hydrogen-bond acceptors (Lipinski definition) is 1. The number of methoxy groups -OCH3 is 1. The SMILES string of the molecule is COC1=C(c2ccccc2)C(c2ccccc2)c2ccccc21. The Balaban J connectivity index is 1.99. The Labute approximate surface area is 136 Å². The molecule has 0 saturated carbocycles. The molecule has 0 radical (unpaired) electrons. The van der Waals surface area contributed by atoms with Crippen molar-refractivity contribution in [1.82, 2.24) is 0 Å². The summed E-state index contributed by atoms with van der Waals surface area (Å²) in [5.41, 5.74) is 6.28. The molecular weight excluding hydrogens is 280 g/mol. The van der Waals surface area contributed by atoms with E-state index in [1.807, 2.05) is 0 Å². The monoisotopic (exact) mass is 298 g/mol. The van der Waals surface area contributed by atoms with Crippen LogP contribution >= 0.6 is 0 Å². The van der Waals surface area contributed by atoms with Crippen LogP contribution in [0.3, 0.4) is 0 Å². The summed E-state index contributed by atoms with van der Waals surface area (Å²) in [4.78, 5) is 0. The Bertz CT molecular complexity index is 847. The number of fused-ring (bicyclic) bond motifs is 1. The highest BCUT2D eigenvalue weighted by Gasteiger charge is 2.33. The number of hydrogen-bond donors (Lipinski definition) is 0. The number of allylic oxidation sites excluding steroid dienone is 1. The van der Waals surface area contributed by atoms with Crippen LogP contribution in [0.5, 0.6) is 0 Å². The molecule has 0 aromatic heterocycles. The van der Waals surface area contributed by atoms with Gasteiger partial charge in [0.2, 0.25) is 0 Å². The molecule has 0 saturated heterocycles. The minimum atomic E-state index is 0.213. The van der Waals surface area contributed by atoms with Gasteiger partial charge in [-0.05, 0) is 16.7 Å². The maximum absolute atomic E-state index is 5.84. The first-order valence-electron chi connectivity index (χ1n) is 7.88. The first-order valence-corrected chi connectivity index (χ1v) is 7.88. The predicted octanol–water partition coefficient (Wildman–Crippen LogP) is 5.35. The summed E-state index contributed by atoms with van der Waals surface area (Å²) >= 11 is 0. The van der Waals surface area contributed by atoms with Crippen LogP contribution in [0.2, 0.25) is 0 Å². The lowest BCUT2D eigenvalue weighted by Gasteiger charge is -2.17. The first-order chi connectivity index (χ1) is 11.4. The molecule has 0 bridgehead atoms. The summed E-state index contributed by atoms with van der Waals surface area (Å²) in [6.45, 7) is 0. The van der Waals surface area contributed by atoms with Gasteiger partial charge in [-0.2, -0.15) is 0 Å². The second-order valence-electron chi connectivity index (χ2n) is 5.74. The van der Waals surface area contributed by atoms with Crippen LogP contribution < -0.4 is 0 Å². The molecule has 1 unspecified atom stereocenters. The summed E-state index contributed by atoms with van der Waals surface area (Å²) in [5, 5.41) is 0. The number of ether oxygens (including phenoxy) is 1. The topological polar surface area (TPSA) is 9.23 Å². The van der Waals surface area contributed by atoms with Crippen LogP contribution in [0.15, 0.2) is 84.9 Å². The van der Waals surface area contributed by atoms with Gasteiger partial charge in [-0.15, -0.1) is 0 Å². The molecule has 1 aliphatic rings. The maximum atomic E-state index is 5.84. The summed E-state index contributed by atoms with van der Waals surface area (Å²) in [6, 6.07) is 29.8. The van der Waals surface area contributed by atoms with E-state index in [0.717, 1.165) is 5.76 Å². The van der Waals surface area contributed by atoms with Gasteiger partial charge in [-0.3, -0.25) is 0 Å². The van der Waals surface area contributed by atoms with E-state index in [0.29, 0.717) is 0 Å². The largest absolute Gasteiger partial charge is 0.496 e. The normalized spacial score (nSPS) is 16.3. The van der Waals surface area contributed by atoms with E-state index in [4.69, 9.17) is 4.74 Å². The van der Waals surface area contributed by atoms with Crippen molar-refractivity contribution in [1.29, 1.82) is 0 Å². The van der Waals surface area contributed by atoms with Crippen molar-refractivity contribution in [2.24, 2.45) is 0 Å². The van der Waals surface area contributed by atoms with Crippen molar-refractivity contribution in [2.45, 2.75) is 5.92 Å². The second-order valence-corrected chi connectivity index (χ2v) is 5.74. The molecule has 1 aliphatic carbocycles. The van der Waals surface area contributed by atoms with E-state index in [1.165, 1.54) is 27.8 Å². The Morgan fingerprint density at radius 2 is 1.30 bits per heavy atom. The van der Waals surface area contributed by atoms with Crippen molar-refractivity contribution >= 4 is 11.3 Å². The Hall–Kier alpha value is -2.80. The Morgan fingerprint density at radius 1 is 0.696 bits per heavy atom. The van der Waals surface area contributed by atoms with Gasteiger partial charge in [0, 0.05) is 17.1 Å². The highest BCUT2D eigenvalue weighted by atomic mass is 16.5. The Morgan fingerprint density at radius 3 is 2.00 bits per heavy atom. The van der Waals surface area contributed by atoms with Gasteiger partial charge in [0.25, 0.3) is 0 Å². The van der Waals surface area contributed by atoms with Crippen LogP contribution in [0.25, 0.3) is 11.3 Å². The first kappa shape index (κ1) is 13.8. The molecule has 1 atom stereocenters. The number of benzene rings is 3. The van der Waals surface area contributed by atoms with Crippen molar-refractivity contribution in [2.75, 3.05) is 7.11 Å². The van der Waals surface area contributed by atoms with E-state index >= 15 is 0 Å². The molecule has 0 N–H and O–H groups in total. The number of rotatable bonds is 3. The van der Waals surface area contributed by atoms with E-state index in [2.05, 4.69) is 84.9 Å². The van der Waals surface area contributed by atoms with Crippen LogP contribution in [0.1, 0.15) is 28.2 Å². The van der Waals surface area contributed by atoms with Gasteiger partial charge >= 0.3 is 0 Å². The van der Waals surface area contributed by atoms with Crippen LogP contribution in [0.4, 0.5) is 0 Å². The third kappa shape index (κ3) is 2.25. The molecule has 0 spiro atoms. The molecule has 23 heavy (non-hydrogen) atoms. The fourth-order valence-electron chi connectivity index (χ4n) is 3.51. The smallest absolute Gasteiger partial charge is 0.131 e. The minimum Gasteiger partial charge on any atom is -0.496 e. The van der Waals surface area contributed by atoms with Gasteiger partial charge in [0.05, 0.1) is 7.11 Å². The van der Waals surface area contributed by atoms with Gasteiger partial charge in [0.15, 0.2) is 0 Å². The summed E-state index contributed by atoms with van der Waals surface area (Å²) < 4.78 is 5.84. The minimum absolute atomic E-state index is 0.213. The lowest BCUT2D eigenvalue weighted by Crippen LogP contribution is -2.01. The van der Waals surface area contributed by atoms with Crippen molar-refractivity contribution in [3.63, 3.8) is 0 Å². The molecule has 0 fully saturated rings. The highest BCUT2D eigenvalue weighted by molar-refractivity contribution is 5.98. The molecule has 3 aromatic carbocycles. The quantitative estimate of drug-likeness (QED) is 0.633. The second kappa shape index (κ2) is 5.77. The van der Waals surface area contributed by atoms with Crippen LogP contribution in [-0.2, 0) is 4.74 Å². The van der Waals surface area contributed by atoms with Gasteiger partial charge in [-0.1, -0.05) is 84.9 Å². The molecule has 112 valence electrons. The van der Waals surface area contributed by atoms with E-state index < -0.39 is 0 Å². The fraction of sp³-hybridized carbons (Fsp3) is 0.0909. The fourth-order valence-corrected chi connectivity index (χ4v) is 3.51.